The zero-order chi connectivity index (χ0) is 83.3. The molecule has 32 nitrogen and oxygen atoms in total. The predicted molar refractivity (Wildman–Crippen MR) is 432 cm³/mol. The van der Waals surface area contributed by atoms with Gasteiger partial charge in [-0.1, -0.05) is 124 Å². The van der Waals surface area contributed by atoms with Crippen LogP contribution in [0.25, 0.3) is 10.8 Å². The lowest BCUT2D eigenvalue weighted by atomic mass is 9.99. The molecule has 2 fully saturated rings. The number of amides is 15. The van der Waals surface area contributed by atoms with Crippen LogP contribution in [0.4, 0.5) is 21.0 Å². The van der Waals surface area contributed by atoms with E-state index in [1.807, 2.05) is 56.3 Å². The van der Waals surface area contributed by atoms with E-state index in [0.717, 1.165) is 10.8 Å². The highest BCUT2D eigenvalue weighted by molar-refractivity contribution is 6.30. The second-order valence-corrected chi connectivity index (χ2v) is 30.0. The number of hydrogen-bond acceptors (Lipinski definition) is 17. The maximum absolute atomic E-state index is 15.5. The summed E-state index contributed by atoms with van der Waals surface area (Å²) in [6, 6.07) is 20.2. The van der Waals surface area contributed by atoms with E-state index in [0.29, 0.717) is 90.6 Å². The number of primary amides is 2. The predicted octanol–water partition coefficient (Wildman–Crippen LogP) is 2.84. The first kappa shape index (κ1) is 88.9. The van der Waals surface area contributed by atoms with E-state index in [-0.39, 0.29) is 75.6 Å². The van der Waals surface area contributed by atoms with Crippen molar-refractivity contribution >= 4 is 111 Å². The van der Waals surface area contributed by atoms with Crippen LogP contribution in [0.1, 0.15) is 108 Å². The number of unbranched alkanes of at least 4 members (excludes halogenated alkanes) is 1. The number of nitrogens with zero attached hydrogens (tertiary/aromatic N) is 3. The molecular weight excluding hydrogens is 1500 g/mol. The topological polar surface area (TPSA) is 467 Å². The number of nitrogens with two attached hydrogens (primary N) is 2. The number of morpholine rings is 1. The van der Waals surface area contributed by atoms with Gasteiger partial charge in [0.2, 0.25) is 65.0 Å². The zero-order valence-corrected chi connectivity index (χ0v) is 66.2. The molecule has 0 bridgehead atoms. The number of likely N-dealkylation sites (tertiary alicyclic amines) is 1. The van der Waals surface area contributed by atoms with Crippen LogP contribution in [0.15, 0.2) is 140 Å². The minimum Gasteiger partial charge on any atom is -0.394 e. The summed E-state index contributed by atoms with van der Waals surface area (Å²) in [5.41, 5.74) is 14.0. The van der Waals surface area contributed by atoms with Crippen molar-refractivity contribution < 1.29 is 72.2 Å². The third-order valence-electron chi connectivity index (χ3n) is 19.5. The molecule has 33 heteroatoms. The van der Waals surface area contributed by atoms with E-state index >= 15 is 14.4 Å². The Balaban J connectivity index is 1.09. The first-order chi connectivity index (χ1) is 55.0. The molecule has 616 valence electrons. The number of rotatable bonds is 40. The van der Waals surface area contributed by atoms with Gasteiger partial charge in [-0.15, -0.1) is 0 Å². The summed E-state index contributed by atoms with van der Waals surface area (Å²) < 4.78 is 5.41. The number of aromatic nitrogens is 1. The number of anilines is 2. The van der Waals surface area contributed by atoms with Gasteiger partial charge in [0.15, 0.2) is 0 Å². The molecule has 15 amide bonds. The molecule has 10 atom stereocenters. The van der Waals surface area contributed by atoms with Crippen LogP contribution in [0, 0.1) is 5.92 Å². The van der Waals surface area contributed by atoms with Crippen LogP contribution in [0.5, 0.6) is 0 Å². The number of pyridine rings is 1. The van der Waals surface area contributed by atoms with Gasteiger partial charge in [-0.2, -0.15) is 0 Å². The number of urea groups is 2. The molecule has 2 saturated heterocycles. The molecule has 0 saturated carbocycles. The Bertz CT molecular complexity index is 4340. The standard InChI is InChI=1S/C82H106ClN17O15/c1-48(2)39-63(72(104)92-62(16-9-10-33-87-49(3)4)80(112)100-34-12-17-70(100)79(111)88-50(5)71(84)103)93-74(106)66(42-53-21-28-60(29-22-53)90-81(85)113)95-76(108)67(43-54-23-30-61(31-24-54)91-82(114)99-35-37-115-38-36-99)97-78(110)69(47-101)98-77(109)68(45-56-13-11-32-86-46-56)96-75(107)65(41-52-19-26-59(83)27-20-52)94-73(105)64(89-51(6)102)44-55-18-25-57-14-7-8-15-58(57)40-55/h7-8,11,13-15,18-32,40,46,48-50,62-70,87,101H,9-10,12,16-17,33-39,41-45,47H2,1-6H3,(H2,84,103)(H,88,111)(H,89,102)(H,91,114)(H,92,104)(H,93,106)(H,94,105)(H,95,108)(H,96,107)(H,97,110)(H,98,109)(H3,85,90,113)/t50-,62+,63+,64-,65-,66-,67+,68-,69+,70+/m1/s1. The summed E-state index contributed by atoms with van der Waals surface area (Å²) >= 11 is 6.28. The Morgan fingerprint density at radius 1 is 0.522 bits per heavy atom. The average Bonchev–Trinajstić information content (AvgIpc) is 1.78. The van der Waals surface area contributed by atoms with Gasteiger partial charge in [-0.3, -0.25) is 57.7 Å². The summed E-state index contributed by atoms with van der Waals surface area (Å²) in [4.78, 5) is 191. The van der Waals surface area contributed by atoms with E-state index in [2.05, 4.69) is 68.8 Å². The molecule has 17 N–H and O–H groups in total. The van der Waals surface area contributed by atoms with Gasteiger partial charge < -0.3 is 94.9 Å². The Morgan fingerprint density at radius 2 is 1.00 bits per heavy atom. The molecule has 2 aliphatic heterocycles. The Morgan fingerprint density at radius 3 is 1.51 bits per heavy atom. The lowest BCUT2D eigenvalue weighted by molar-refractivity contribution is -0.142. The van der Waals surface area contributed by atoms with E-state index in [1.54, 1.807) is 91.5 Å². The Labute approximate surface area is 673 Å². The SMILES string of the molecule is CC(=O)N[C@H](Cc1ccc2ccccc2c1)C(=O)N[C@H](Cc1ccc(Cl)cc1)C(=O)N[C@H](Cc1cccnc1)C(=O)N[C@@H](CO)C(=O)N[C@@H](Cc1ccc(NC(=O)N2CCOCC2)cc1)C(=O)N[C@H](Cc1ccc(NC(N)=O)cc1)C(=O)N[C@@H](CC(C)C)C(=O)N[C@@H](CCCCNC(C)C)C(=O)N1CCC[C@H]1C(=O)N[C@H](C)C(N)=O. The fourth-order valence-electron chi connectivity index (χ4n) is 13.3. The summed E-state index contributed by atoms with van der Waals surface area (Å²) in [5, 5.41) is 46.5. The van der Waals surface area contributed by atoms with E-state index < -0.39 is 144 Å². The van der Waals surface area contributed by atoms with Crippen molar-refractivity contribution in [3.63, 3.8) is 0 Å². The molecule has 0 radical (unpaired) electrons. The number of fused-ring (bicyclic) bond motifs is 1. The van der Waals surface area contributed by atoms with Crippen molar-refractivity contribution in [3.05, 3.63) is 173 Å². The third kappa shape index (κ3) is 28.5. The molecule has 0 spiro atoms. The highest BCUT2D eigenvalue weighted by Crippen LogP contribution is 2.24. The van der Waals surface area contributed by atoms with E-state index in [1.165, 1.54) is 43.3 Å². The van der Waals surface area contributed by atoms with Crippen LogP contribution < -0.4 is 75.3 Å². The highest BCUT2D eigenvalue weighted by atomic mass is 35.5. The van der Waals surface area contributed by atoms with Crippen LogP contribution >= 0.6 is 11.6 Å². The van der Waals surface area contributed by atoms with E-state index in [4.69, 9.17) is 27.8 Å². The number of nitrogens with one attached hydrogen (secondary N) is 12. The van der Waals surface area contributed by atoms with Gasteiger partial charge >= 0.3 is 12.1 Å². The second kappa shape index (κ2) is 44.2. The van der Waals surface area contributed by atoms with Crippen LogP contribution in [0.3, 0.4) is 0 Å². The lowest BCUT2D eigenvalue weighted by Gasteiger charge is -2.31. The summed E-state index contributed by atoms with van der Waals surface area (Å²) in [6.45, 7) is 11.3. The lowest BCUT2D eigenvalue weighted by Crippen LogP contribution is -2.62. The number of carbonyl (C=O) groups is 13. The number of aliphatic hydroxyl groups is 1. The first-order valence-corrected chi connectivity index (χ1v) is 39.0. The van der Waals surface area contributed by atoms with Crippen molar-refractivity contribution in [2.45, 2.75) is 179 Å². The van der Waals surface area contributed by atoms with Gasteiger partial charge in [0.05, 0.1) is 19.8 Å². The van der Waals surface area contributed by atoms with Gasteiger partial charge in [0.1, 0.15) is 60.4 Å². The second-order valence-electron chi connectivity index (χ2n) is 29.5. The van der Waals surface area contributed by atoms with Gasteiger partial charge in [-0.05, 0) is 139 Å². The number of halogens is 1. The quantitative estimate of drug-likeness (QED) is 0.0246. The van der Waals surface area contributed by atoms with Crippen molar-refractivity contribution in [1.82, 2.24) is 68.0 Å². The van der Waals surface area contributed by atoms with Crippen molar-refractivity contribution in [2.75, 3.05) is 56.6 Å². The molecule has 3 heterocycles. The van der Waals surface area contributed by atoms with Crippen molar-refractivity contribution in [3.8, 4) is 0 Å². The van der Waals surface area contributed by atoms with Crippen LogP contribution in [-0.4, -0.2) is 209 Å². The fourth-order valence-corrected chi connectivity index (χ4v) is 13.5. The van der Waals surface area contributed by atoms with Gasteiger partial charge in [-0.25, -0.2) is 9.59 Å². The van der Waals surface area contributed by atoms with Crippen LogP contribution in [-0.2, 0) is 89.6 Å². The molecule has 115 heavy (non-hydrogen) atoms. The van der Waals surface area contributed by atoms with E-state index in [9.17, 15) is 53.1 Å². The summed E-state index contributed by atoms with van der Waals surface area (Å²) in [7, 11) is 0. The molecule has 0 unspecified atom stereocenters. The van der Waals surface area contributed by atoms with Crippen molar-refractivity contribution in [2.24, 2.45) is 17.4 Å². The normalized spacial score (nSPS) is 15.7. The smallest absolute Gasteiger partial charge is 0.321 e. The summed E-state index contributed by atoms with van der Waals surface area (Å²) in [5.74, 6) is -9.20. The minimum absolute atomic E-state index is 0.00153. The largest absolute Gasteiger partial charge is 0.394 e. The minimum atomic E-state index is -1.87. The molecule has 1 aromatic heterocycles. The van der Waals surface area contributed by atoms with Crippen molar-refractivity contribution in [1.29, 1.82) is 0 Å². The molecular formula is C82H106ClN17O15. The molecule has 0 aliphatic carbocycles. The monoisotopic (exact) mass is 1600 g/mol. The molecule has 6 aromatic rings. The average molecular weight is 1610 g/mol. The summed E-state index contributed by atoms with van der Waals surface area (Å²) in [6.07, 6.45) is 3.77. The highest BCUT2D eigenvalue weighted by Gasteiger charge is 2.41. The first-order valence-electron chi connectivity index (χ1n) is 38.6. The Hall–Kier alpha value is -11.6. The fraction of sp³-hybridized carbons (Fsp3) is 0.439. The number of carbonyl (C=O) groups excluding carboxylic acids is 13. The maximum atomic E-state index is 15.5. The number of hydrogen-bond donors (Lipinski definition) is 15. The Kier molecular flexibility index (Phi) is 34.2. The third-order valence-corrected chi connectivity index (χ3v) is 19.7. The van der Waals surface area contributed by atoms with Gasteiger partial charge in [0.25, 0.3) is 0 Å². The number of aliphatic hydroxyl groups excluding tert-OH is 1. The zero-order valence-electron chi connectivity index (χ0n) is 65.5. The van der Waals surface area contributed by atoms with Crippen LogP contribution in [0.2, 0.25) is 5.02 Å². The van der Waals surface area contributed by atoms with Gasteiger partial charge in [0, 0.05) is 93.5 Å². The number of benzene rings is 5. The molecule has 8 rings (SSSR count). The maximum Gasteiger partial charge on any atom is 0.321 e. The molecule has 5 aromatic carbocycles. The molecule has 2 aliphatic rings. The number of ether oxygens (including phenoxy) is 1.